The molecule has 1 aliphatic heterocycles. The van der Waals surface area contributed by atoms with Crippen molar-refractivity contribution in [3.63, 3.8) is 0 Å². The van der Waals surface area contributed by atoms with Gasteiger partial charge in [-0.25, -0.2) is 0 Å². The molecule has 0 aromatic rings. The van der Waals surface area contributed by atoms with E-state index in [0.29, 0.717) is 6.61 Å². The van der Waals surface area contributed by atoms with Crippen LogP contribution in [0.25, 0.3) is 0 Å². The zero-order chi connectivity index (χ0) is 7.40. The second-order valence-electron chi connectivity index (χ2n) is 2.54. The van der Waals surface area contributed by atoms with Crippen molar-refractivity contribution in [3.8, 4) is 0 Å². The Morgan fingerprint density at radius 3 is 3.10 bits per heavy atom. The van der Waals surface area contributed by atoms with Crippen LogP contribution in [0.4, 0.5) is 0 Å². The van der Waals surface area contributed by atoms with Crippen molar-refractivity contribution in [2.75, 3.05) is 13.2 Å². The van der Waals surface area contributed by atoms with Gasteiger partial charge < -0.3 is 0 Å². The second kappa shape index (κ2) is 3.42. The summed E-state index contributed by atoms with van der Waals surface area (Å²) in [6, 6.07) is 0. The number of hydrogen-bond acceptors (Lipinski definition) is 2. The fourth-order valence-corrected chi connectivity index (χ4v) is 0.769. The second-order valence-corrected chi connectivity index (χ2v) is 2.54. The molecule has 2 heteroatoms. The molecule has 1 rings (SSSR count). The molecule has 0 radical (unpaired) electrons. The fourth-order valence-electron chi connectivity index (χ4n) is 0.769. The molecule has 56 valence electrons. The predicted octanol–water partition coefficient (Wildman–Crippen LogP) is 1.71. The van der Waals surface area contributed by atoms with Crippen molar-refractivity contribution in [1.82, 2.24) is 5.06 Å². The quantitative estimate of drug-likeness (QED) is 0.552. The fraction of sp³-hybridized carbons (Fsp3) is 0.500. The van der Waals surface area contributed by atoms with E-state index in [9.17, 15) is 0 Å². The molecule has 1 heterocycles. The highest BCUT2D eigenvalue weighted by Gasteiger charge is 2.02. The summed E-state index contributed by atoms with van der Waals surface area (Å²) < 4.78 is 0. The Morgan fingerprint density at radius 1 is 1.80 bits per heavy atom. The molecule has 0 aromatic heterocycles. The summed E-state index contributed by atoms with van der Waals surface area (Å²) in [5.74, 6) is 0. The van der Waals surface area contributed by atoms with Gasteiger partial charge in [0.25, 0.3) is 0 Å². The van der Waals surface area contributed by atoms with Crippen molar-refractivity contribution in [1.29, 1.82) is 0 Å². The van der Waals surface area contributed by atoms with Gasteiger partial charge in [0.2, 0.25) is 0 Å². The smallest absolute Gasteiger partial charge is 0.0954 e. The summed E-state index contributed by atoms with van der Waals surface area (Å²) >= 11 is 0. The minimum absolute atomic E-state index is 0.629. The molecule has 0 N–H and O–H groups in total. The van der Waals surface area contributed by atoms with Crippen LogP contribution in [0.3, 0.4) is 0 Å². The Kier molecular flexibility index (Phi) is 2.51. The lowest BCUT2D eigenvalue weighted by molar-refractivity contribution is -0.102. The molecule has 0 atom stereocenters. The van der Waals surface area contributed by atoms with E-state index in [0.717, 1.165) is 18.5 Å². The van der Waals surface area contributed by atoms with Crippen molar-refractivity contribution in [2.45, 2.75) is 13.3 Å². The van der Waals surface area contributed by atoms with Gasteiger partial charge in [0.1, 0.15) is 0 Å². The lowest BCUT2D eigenvalue weighted by atomic mass is 10.4. The van der Waals surface area contributed by atoms with Gasteiger partial charge in [-0.2, -0.15) is 0 Å². The van der Waals surface area contributed by atoms with E-state index in [1.54, 1.807) is 0 Å². The molecule has 0 amide bonds. The molecule has 0 aliphatic carbocycles. The number of hydrogen-bond donors (Lipinski definition) is 0. The van der Waals surface area contributed by atoms with E-state index in [2.05, 4.69) is 12.7 Å². The van der Waals surface area contributed by atoms with Gasteiger partial charge in [-0.3, -0.25) is 9.90 Å². The van der Waals surface area contributed by atoms with Gasteiger partial charge >= 0.3 is 0 Å². The molecular weight excluding hydrogens is 126 g/mol. The Bertz CT molecular complexity index is 151. The summed E-state index contributed by atoms with van der Waals surface area (Å²) in [5.41, 5.74) is 1.06. The number of rotatable bonds is 3. The minimum Gasteiger partial charge on any atom is -0.270 e. The van der Waals surface area contributed by atoms with Gasteiger partial charge in [0.05, 0.1) is 6.61 Å². The SMILES string of the molecule is C=C(C)CON1C=CCC1. The van der Waals surface area contributed by atoms with Crippen LogP contribution in [0.2, 0.25) is 0 Å². The van der Waals surface area contributed by atoms with Gasteiger partial charge in [-0.15, -0.1) is 0 Å². The Hall–Kier alpha value is -0.760. The molecule has 0 saturated carbocycles. The predicted molar refractivity (Wildman–Crippen MR) is 41.2 cm³/mol. The van der Waals surface area contributed by atoms with Crippen LogP contribution < -0.4 is 0 Å². The van der Waals surface area contributed by atoms with Crippen molar-refractivity contribution in [3.05, 3.63) is 24.4 Å². The Morgan fingerprint density at radius 2 is 2.60 bits per heavy atom. The summed E-state index contributed by atoms with van der Waals surface area (Å²) in [6.45, 7) is 7.31. The normalized spacial score (nSPS) is 16.3. The van der Waals surface area contributed by atoms with Crippen molar-refractivity contribution >= 4 is 0 Å². The van der Waals surface area contributed by atoms with Gasteiger partial charge in [-0.1, -0.05) is 18.2 Å². The molecule has 0 unspecified atom stereocenters. The third-order valence-electron chi connectivity index (χ3n) is 1.26. The van der Waals surface area contributed by atoms with E-state index < -0.39 is 0 Å². The highest BCUT2D eigenvalue weighted by Crippen LogP contribution is 2.04. The van der Waals surface area contributed by atoms with Crippen LogP contribution in [0.1, 0.15) is 13.3 Å². The minimum atomic E-state index is 0.629. The summed E-state index contributed by atoms with van der Waals surface area (Å²) in [5, 5.41) is 1.84. The molecule has 0 fully saturated rings. The van der Waals surface area contributed by atoms with E-state index in [1.165, 1.54) is 0 Å². The maximum atomic E-state index is 5.31. The Balaban J connectivity index is 2.13. The first-order valence-electron chi connectivity index (χ1n) is 3.49. The van der Waals surface area contributed by atoms with Gasteiger partial charge in [-0.05, 0) is 13.3 Å². The molecule has 10 heavy (non-hydrogen) atoms. The first kappa shape index (κ1) is 7.35. The summed E-state index contributed by atoms with van der Waals surface area (Å²) in [7, 11) is 0. The molecule has 0 bridgehead atoms. The molecule has 1 aliphatic rings. The maximum absolute atomic E-state index is 5.31. The van der Waals surface area contributed by atoms with Crippen molar-refractivity contribution in [2.24, 2.45) is 0 Å². The number of nitrogens with zero attached hydrogens (tertiary/aromatic N) is 1. The molecule has 0 saturated heterocycles. The van der Waals surface area contributed by atoms with Gasteiger partial charge in [0.15, 0.2) is 0 Å². The first-order valence-corrected chi connectivity index (χ1v) is 3.49. The van der Waals surface area contributed by atoms with Crippen LogP contribution in [-0.4, -0.2) is 18.2 Å². The standard InChI is InChI=1S/C8H13NO/c1-8(2)7-10-9-5-3-4-6-9/h3,5H,1,4,6-7H2,2H3. The lowest BCUT2D eigenvalue weighted by Gasteiger charge is -2.14. The zero-order valence-corrected chi connectivity index (χ0v) is 6.34. The lowest BCUT2D eigenvalue weighted by Crippen LogP contribution is -2.15. The summed E-state index contributed by atoms with van der Waals surface area (Å²) in [4.78, 5) is 5.31. The van der Waals surface area contributed by atoms with E-state index >= 15 is 0 Å². The van der Waals surface area contributed by atoms with E-state index in [4.69, 9.17) is 4.84 Å². The third kappa shape index (κ3) is 2.23. The average molecular weight is 139 g/mol. The van der Waals surface area contributed by atoms with Crippen LogP contribution in [0.5, 0.6) is 0 Å². The molecule has 2 nitrogen and oxygen atoms in total. The maximum Gasteiger partial charge on any atom is 0.0954 e. The summed E-state index contributed by atoms with van der Waals surface area (Å²) in [6.07, 6.45) is 5.15. The van der Waals surface area contributed by atoms with Crippen LogP contribution in [0, 0.1) is 0 Å². The highest BCUT2D eigenvalue weighted by atomic mass is 16.7. The van der Waals surface area contributed by atoms with Crippen LogP contribution in [0.15, 0.2) is 24.4 Å². The molecule has 0 aromatic carbocycles. The molecule has 0 spiro atoms. The largest absolute Gasteiger partial charge is 0.270 e. The van der Waals surface area contributed by atoms with Crippen LogP contribution in [-0.2, 0) is 4.84 Å². The molecular formula is C8H13NO. The zero-order valence-electron chi connectivity index (χ0n) is 6.34. The monoisotopic (exact) mass is 139 g/mol. The highest BCUT2D eigenvalue weighted by molar-refractivity contribution is 4.90. The first-order chi connectivity index (χ1) is 4.79. The van der Waals surface area contributed by atoms with Crippen LogP contribution >= 0.6 is 0 Å². The van der Waals surface area contributed by atoms with E-state index in [1.807, 2.05) is 18.2 Å². The topological polar surface area (TPSA) is 12.5 Å². The van der Waals surface area contributed by atoms with Crippen molar-refractivity contribution < 1.29 is 4.84 Å². The van der Waals surface area contributed by atoms with E-state index in [-0.39, 0.29) is 0 Å². The number of hydroxylamine groups is 2. The average Bonchev–Trinajstić information content (AvgIpc) is 2.34. The van der Waals surface area contributed by atoms with Gasteiger partial charge in [0, 0.05) is 12.7 Å². The third-order valence-corrected chi connectivity index (χ3v) is 1.26. The Labute approximate surface area is 61.7 Å².